The van der Waals surface area contributed by atoms with E-state index in [1.165, 1.54) is 18.4 Å². The van der Waals surface area contributed by atoms with Crippen molar-refractivity contribution in [3.05, 3.63) is 65.2 Å². The Labute approximate surface area is 219 Å². The number of ether oxygens (including phenoxy) is 2. The molecule has 198 valence electrons. The third-order valence-electron chi connectivity index (χ3n) is 8.25. The molecule has 2 aromatic rings. The number of urea groups is 1. The van der Waals surface area contributed by atoms with Gasteiger partial charge in [0.25, 0.3) is 0 Å². The molecule has 1 spiro atoms. The number of amides is 3. The number of carbonyl (C=O) groups is 2. The van der Waals surface area contributed by atoms with Gasteiger partial charge >= 0.3 is 6.03 Å². The van der Waals surface area contributed by atoms with Gasteiger partial charge in [0.1, 0.15) is 11.3 Å². The van der Waals surface area contributed by atoms with Crippen molar-refractivity contribution in [2.45, 2.75) is 56.5 Å². The predicted molar refractivity (Wildman–Crippen MR) is 141 cm³/mol. The molecule has 5 rings (SSSR count). The van der Waals surface area contributed by atoms with E-state index >= 15 is 0 Å². The van der Waals surface area contributed by atoms with Gasteiger partial charge in [-0.15, -0.1) is 0 Å². The lowest BCUT2D eigenvalue weighted by molar-refractivity contribution is -0.144. The quantitative estimate of drug-likeness (QED) is 0.593. The zero-order valence-electron chi connectivity index (χ0n) is 22.1. The van der Waals surface area contributed by atoms with Gasteiger partial charge in [0.15, 0.2) is 6.35 Å². The number of carbonyl (C=O) groups excluding carboxylic acids is 2. The minimum Gasteiger partial charge on any atom is -0.497 e. The Balaban J connectivity index is 1.31. The van der Waals surface area contributed by atoms with Crippen molar-refractivity contribution in [2.75, 3.05) is 40.8 Å². The first-order chi connectivity index (χ1) is 17.9. The summed E-state index contributed by atoms with van der Waals surface area (Å²) in [5.41, 5.74) is 2.99. The van der Waals surface area contributed by atoms with Crippen LogP contribution in [0.15, 0.2) is 48.5 Å². The van der Waals surface area contributed by atoms with Crippen LogP contribution in [-0.4, -0.2) is 79.4 Å². The van der Waals surface area contributed by atoms with Crippen LogP contribution < -0.4 is 10.1 Å². The molecule has 3 fully saturated rings. The first kappa shape index (κ1) is 25.5. The molecule has 2 saturated heterocycles. The van der Waals surface area contributed by atoms with Gasteiger partial charge in [0.05, 0.1) is 13.7 Å². The summed E-state index contributed by atoms with van der Waals surface area (Å²) in [4.78, 5) is 31.9. The summed E-state index contributed by atoms with van der Waals surface area (Å²) >= 11 is 0. The van der Waals surface area contributed by atoms with Crippen molar-refractivity contribution in [2.24, 2.45) is 0 Å². The smallest absolute Gasteiger partial charge is 0.317 e. The van der Waals surface area contributed by atoms with E-state index in [9.17, 15) is 9.59 Å². The van der Waals surface area contributed by atoms with Crippen LogP contribution in [0.5, 0.6) is 5.75 Å². The predicted octanol–water partition coefficient (Wildman–Crippen LogP) is 3.56. The Hall–Kier alpha value is -3.10. The van der Waals surface area contributed by atoms with Gasteiger partial charge in [0, 0.05) is 26.7 Å². The maximum absolute atomic E-state index is 14.0. The second kappa shape index (κ2) is 10.7. The highest BCUT2D eigenvalue weighted by atomic mass is 16.5. The van der Waals surface area contributed by atoms with E-state index in [1.807, 2.05) is 36.2 Å². The monoisotopic (exact) mass is 506 g/mol. The maximum Gasteiger partial charge on any atom is 0.317 e. The van der Waals surface area contributed by atoms with Crippen LogP contribution in [0.1, 0.15) is 48.3 Å². The number of nitrogens with one attached hydrogen (secondary N) is 1. The largest absolute Gasteiger partial charge is 0.497 e. The Bertz CT molecular complexity index is 1090. The third-order valence-corrected chi connectivity index (χ3v) is 8.25. The fraction of sp³-hybridized carbons (Fsp3) is 0.517. The number of nitrogens with zero attached hydrogens (tertiary/aromatic N) is 3. The second-order valence-electron chi connectivity index (χ2n) is 10.4. The zero-order chi connectivity index (χ0) is 26.0. The van der Waals surface area contributed by atoms with E-state index in [0.717, 1.165) is 29.2 Å². The number of methoxy groups -OCH3 is 1. The van der Waals surface area contributed by atoms with Gasteiger partial charge in [-0.05, 0) is 73.9 Å². The Morgan fingerprint density at radius 2 is 1.68 bits per heavy atom. The van der Waals surface area contributed by atoms with Crippen LogP contribution in [0.4, 0.5) is 4.79 Å². The molecular formula is C29H38N4O4. The highest BCUT2D eigenvalue weighted by Gasteiger charge is 2.57. The van der Waals surface area contributed by atoms with Gasteiger partial charge < -0.3 is 24.6 Å². The molecule has 37 heavy (non-hydrogen) atoms. The molecule has 1 N–H and O–H groups in total. The average molecular weight is 507 g/mol. The van der Waals surface area contributed by atoms with Gasteiger partial charge in [-0.3, -0.25) is 4.79 Å². The minimum atomic E-state index is -0.662. The molecule has 1 saturated carbocycles. The molecule has 0 radical (unpaired) electrons. The van der Waals surface area contributed by atoms with Crippen LogP contribution >= 0.6 is 0 Å². The Morgan fingerprint density at radius 3 is 2.27 bits per heavy atom. The molecule has 0 aromatic heterocycles. The van der Waals surface area contributed by atoms with Crippen molar-refractivity contribution in [3.8, 4) is 5.75 Å². The van der Waals surface area contributed by atoms with E-state index < -0.39 is 11.9 Å². The third kappa shape index (κ3) is 5.18. The lowest BCUT2D eigenvalue weighted by Gasteiger charge is -2.41. The number of piperidine rings is 1. The molecule has 3 amide bonds. The van der Waals surface area contributed by atoms with E-state index in [4.69, 9.17) is 9.47 Å². The summed E-state index contributed by atoms with van der Waals surface area (Å²) in [6, 6.07) is 16.6. The maximum atomic E-state index is 14.0. The van der Waals surface area contributed by atoms with E-state index in [1.54, 1.807) is 19.1 Å². The van der Waals surface area contributed by atoms with Crippen LogP contribution in [0, 0.1) is 0 Å². The summed E-state index contributed by atoms with van der Waals surface area (Å²) in [5, 5.41) is 2.70. The van der Waals surface area contributed by atoms with Gasteiger partial charge in [-0.1, -0.05) is 36.4 Å². The minimum absolute atomic E-state index is 0.0918. The first-order valence-corrected chi connectivity index (χ1v) is 13.3. The average Bonchev–Trinajstić information content (AvgIpc) is 3.77. The lowest BCUT2D eigenvalue weighted by Crippen LogP contribution is -2.57. The molecule has 2 aromatic carbocycles. The first-order valence-electron chi connectivity index (χ1n) is 13.3. The van der Waals surface area contributed by atoms with Crippen LogP contribution in [-0.2, 0) is 22.6 Å². The van der Waals surface area contributed by atoms with E-state index in [0.29, 0.717) is 39.1 Å². The number of hydrogen-bond acceptors (Lipinski definition) is 5. The number of hydrogen-bond donors (Lipinski definition) is 1. The summed E-state index contributed by atoms with van der Waals surface area (Å²) in [7, 11) is 5.28. The Morgan fingerprint density at radius 1 is 1.03 bits per heavy atom. The lowest BCUT2D eigenvalue weighted by atomic mass is 9.86. The normalized spacial score (nSPS) is 21.5. The molecule has 2 aliphatic heterocycles. The van der Waals surface area contributed by atoms with E-state index in [2.05, 4.69) is 34.5 Å². The molecule has 0 bridgehead atoms. The van der Waals surface area contributed by atoms with Crippen LogP contribution in [0.3, 0.4) is 0 Å². The zero-order valence-corrected chi connectivity index (χ0v) is 22.1. The fourth-order valence-corrected chi connectivity index (χ4v) is 5.67. The van der Waals surface area contributed by atoms with Crippen molar-refractivity contribution < 1.29 is 19.1 Å². The molecule has 8 heteroatoms. The standard InChI is InChI=1S/C29H38N4O4/c1-30-27(35)32-18-15-29(16-19-32)26(34)33(17-14-21-6-12-25(36-3)13-7-21)28(31(29)2)37-20-22-4-8-23(9-5-22)24-10-11-24/h4-9,12-13,24,28H,10-11,14-20H2,1-3H3,(H,30,35). The number of likely N-dealkylation sites (tertiary alicyclic amines) is 1. The Kier molecular flexibility index (Phi) is 7.40. The SMILES string of the molecule is CNC(=O)N1CCC2(CC1)C(=O)N(CCc1ccc(OC)cc1)C(OCc1ccc(C3CC3)cc1)N2C. The van der Waals surface area contributed by atoms with Gasteiger partial charge in [-0.2, -0.15) is 0 Å². The van der Waals surface area contributed by atoms with Crippen LogP contribution in [0.2, 0.25) is 0 Å². The molecule has 8 nitrogen and oxygen atoms in total. The summed E-state index contributed by atoms with van der Waals surface area (Å²) < 4.78 is 11.7. The van der Waals surface area contributed by atoms with Crippen molar-refractivity contribution >= 4 is 11.9 Å². The number of benzene rings is 2. The molecule has 1 atom stereocenters. The molecule has 1 unspecified atom stereocenters. The van der Waals surface area contributed by atoms with Crippen LogP contribution in [0.25, 0.3) is 0 Å². The fourth-order valence-electron chi connectivity index (χ4n) is 5.67. The second-order valence-corrected chi connectivity index (χ2v) is 10.4. The van der Waals surface area contributed by atoms with Crippen molar-refractivity contribution in [1.29, 1.82) is 0 Å². The number of likely N-dealkylation sites (N-methyl/N-ethyl adjacent to an activating group) is 1. The van der Waals surface area contributed by atoms with Crippen molar-refractivity contribution in [1.82, 2.24) is 20.0 Å². The molecule has 3 aliphatic rings. The molecular weight excluding hydrogens is 468 g/mol. The van der Waals surface area contributed by atoms with Gasteiger partial charge in [0.2, 0.25) is 5.91 Å². The van der Waals surface area contributed by atoms with E-state index in [-0.39, 0.29) is 11.9 Å². The summed E-state index contributed by atoms with van der Waals surface area (Å²) in [5.74, 6) is 1.63. The topological polar surface area (TPSA) is 74.4 Å². The number of rotatable bonds is 8. The van der Waals surface area contributed by atoms with Crippen molar-refractivity contribution in [3.63, 3.8) is 0 Å². The summed E-state index contributed by atoms with van der Waals surface area (Å²) in [6.07, 6.45) is 4.01. The molecule has 1 aliphatic carbocycles. The summed E-state index contributed by atoms with van der Waals surface area (Å²) in [6.45, 7) is 2.07. The molecule has 2 heterocycles. The highest BCUT2D eigenvalue weighted by molar-refractivity contribution is 5.89. The van der Waals surface area contributed by atoms with Gasteiger partial charge in [-0.25, -0.2) is 9.69 Å². The highest BCUT2D eigenvalue weighted by Crippen LogP contribution is 2.41.